The van der Waals surface area contributed by atoms with Crippen molar-refractivity contribution in [2.24, 2.45) is 0 Å². The lowest BCUT2D eigenvalue weighted by molar-refractivity contribution is 0.599. The molecule has 0 saturated carbocycles. The second-order valence-electron chi connectivity index (χ2n) is 4.33. The van der Waals surface area contributed by atoms with Crippen LogP contribution < -0.4 is 9.62 Å². The maximum absolute atomic E-state index is 11.6. The molecule has 2 heterocycles. The molecule has 0 unspecified atom stereocenters. The third-order valence-corrected chi connectivity index (χ3v) is 3.94. The second kappa shape index (κ2) is 6.31. The number of nitriles is 1. The van der Waals surface area contributed by atoms with Gasteiger partial charge in [0.05, 0.1) is 6.26 Å². The number of nitrogens with zero attached hydrogens (tertiary/aromatic N) is 6. The Hall–Kier alpha value is -2.80. The first-order valence-corrected chi connectivity index (χ1v) is 7.96. The molecule has 0 aliphatic rings. The van der Waals surface area contributed by atoms with Crippen molar-refractivity contribution < 1.29 is 8.42 Å². The molecule has 0 fully saturated rings. The van der Waals surface area contributed by atoms with E-state index >= 15 is 0 Å². The van der Waals surface area contributed by atoms with E-state index in [0.29, 0.717) is 11.4 Å². The molecule has 0 aliphatic carbocycles. The Morgan fingerprint density at radius 2 is 2.18 bits per heavy atom. The highest BCUT2D eigenvalue weighted by Gasteiger charge is 2.17. The molecule has 2 aromatic rings. The summed E-state index contributed by atoms with van der Waals surface area (Å²) in [6.45, 7) is 0.248. The molecule has 9 nitrogen and oxygen atoms in total. The van der Waals surface area contributed by atoms with Crippen LogP contribution in [0.4, 0.5) is 11.6 Å². The predicted octanol–water partition coefficient (Wildman–Crippen LogP) is 0.146. The van der Waals surface area contributed by atoms with Crippen molar-refractivity contribution in [3.8, 4) is 6.07 Å². The minimum absolute atomic E-state index is 0.0442. The van der Waals surface area contributed by atoms with E-state index in [2.05, 4.69) is 25.3 Å². The van der Waals surface area contributed by atoms with Crippen molar-refractivity contribution in [3.63, 3.8) is 0 Å². The lowest BCUT2D eigenvalue weighted by atomic mass is 10.3. The molecule has 0 radical (unpaired) electrons. The first-order chi connectivity index (χ1) is 10.4. The smallest absolute Gasteiger partial charge is 0.234 e. The molecule has 2 rings (SSSR count). The summed E-state index contributed by atoms with van der Waals surface area (Å²) in [6, 6.07) is 3.44. The molecule has 0 bridgehead atoms. The summed E-state index contributed by atoms with van der Waals surface area (Å²) in [4.78, 5) is 15.6. The topological polar surface area (TPSA) is 125 Å². The fourth-order valence-electron chi connectivity index (χ4n) is 1.61. The van der Waals surface area contributed by atoms with E-state index in [1.54, 1.807) is 6.07 Å². The van der Waals surface area contributed by atoms with Gasteiger partial charge in [0.2, 0.25) is 15.8 Å². The molecule has 22 heavy (non-hydrogen) atoms. The molecular formula is C12H13N7O2S. The monoisotopic (exact) mass is 319 g/mol. The van der Waals surface area contributed by atoms with Crippen molar-refractivity contribution in [2.45, 2.75) is 6.54 Å². The van der Waals surface area contributed by atoms with E-state index < -0.39 is 10.0 Å². The average molecular weight is 319 g/mol. The maximum Gasteiger partial charge on any atom is 0.234 e. The molecular weight excluding hydrogens is 306 g/mol. The molecule has 0 atom stereocenters. The summed E-state index contributed by atoms with van der Waals surface area (Å²) in [5.74, 6) is 0.769. The second-order valence-corrected chi connectivity index (χ2v) is 6.35. The largest absolute Gasteiger partial charge is 0.366 e. The number of anilines is 2. The van der Waals surface area contributed by atoms with E-state index in [0.717, 1.165) is 10.6 Å². The zero-order chi connectivity index (χ0) is 16.2. The lowest BCUT2D eigenvalue weighted by Crippen LogP contribution is -2.27. The SMILES string of the molecule is CN(c1ncncc1CNc1ccnc(C#N)n1)S(C)(=O)=O. The highest BCUT2D eigenvalue weighted by molar-refractivity contribution is 7.92. The van der Waals surface area contributed by atoms with Gasteiger partial charge < -0.3 is 5.32 Å². The van der Waals surface area contributed by atoms with Gasteiger partial charge >= 0.3 is 0 Å². The zero-order valence-electron chi connectivity index (χ0n) is 11.9. The normalized spacial score (nSPS) is 10.8. The van der Waals surface area contributed by atoms with Gasteiger partial charge in [-0.05, 0) is 6.07 Å². The summed E-state index contributed by atoms with van der Waals surface area (Å²) in [6.07, 6.45) is 5.34. The first kappa shape index (κ1) is 15.6. The van der Waals surface area contributed by atoms with E-state index in [4.69, 9.17) is 5.26 Å². The highest BCUT2D eigenvalue weighted by atomic mass is 32.2. The van der Waals surface area contributed by atoms with Crippen LogP contribution in [0.3, 0.4) is 0 Å². The molecule has 0 saturated heterocycles. The summed E-state index contributed by atoms with van der Waals surface area (Å²) < 4.78 is 24.3. The average Bonchev–Trinajstić information content (AvgIpc) is 2.52. The molecule has 2 aromatic heterocycles. The summed E-state index contributed by atoms with van der Waals surface area (Å²) >= 11 is 0. The fourth-order valence-corrected chi connectivity index (χ4v) is 2.09. The summed E-state index contributed by atoms with van der Waals surface area (Å²) in [5, 5.41) is 11.7. The maximum atomic E-state index is 11.6. The van der Waals surface area contributed by atoms with Crippen LogP contribution in [0.1, 0.15) is 11.4 Å². The Bertz CT molecular complexity index is 816. The van der Waals surface area contributed by atoms with Crippen molar-refractivity contribution in [3.05, 3.63) is 36.2 Å². The number of aromatic nitrogens is 4. The van der Waals surface area contributed by atoms with Crippen molar-refractivity contribution in [2.75, 3.05) is 22.9 Å². The van der Waals surface area contributed by atoms with Crippen molar-refractivity contribution >= 4 is 21.7 Å². The number of hydrogen-bond acceptors (Lipinski definition) is 8. The van der Waals surface area contributed by atoms with Gasteiger partial charge in [0.1, 0.15) is 24.0 Å². The zero-order valence-corrected chi connectivity index (χ0v) is 12.7. The number of nitrogens with one attached hydrogen (secondary N) is 1. The highest BCUT2D eigenvalue weighted by Crippen LogP contribution is 2.18. The van der Waals surface area contributed by atoms with Crippen LogP contribution in [0.5, 0.6) is 0 Å². The third kappa shape index (κ3) is 3.64. The number of sulfonamides is 1. The van der Waals surface area contributed by atoms with Crippen LogP contribution in [0.15, 0.2) is 24.8 Å². The Balaban J connectivity index is 2.22. The van der Waals surface area contributed by atoms with E-state index in [1.165, 1.54) is 25.8 Å². The molecule has 0 aromatic carbocycles. The Morgan fingerprint density at radius 3 is 2.86 bits per heavy atom. The Morgan fingerprint density at radius 1 is 1.41 bits per heavy atom. The van der Waals surface area contributed by atoms with E-state index in [9.17, 15) is 8.42 Å². The van der Waals surface area contributed by atoms with Crippen LogP contribution >= 0.6 is 0 Å². The summed E-state index contributed by atoms with van der Waals surface area (Å²) in [7, 11) is -2.01. The van der Waals surface area contributed by atoms with Crippen molar-refractivity contribution in [1.82, 2.24) is 19.9 Å². The van der Waals surface area contributed by atoms with Gasteiger partial charge in [0.15, 0.2) is 0 Å². The number of hydrogen-bond donors (Lipinski definition) is 1. The van der Waals surface area contributed by atoms with Crippen LogP contribution in [0.25, 0.3) is 0 Å². The van der Waals surface area contributed by atoms with Crippen LogP contribution in [-0.4, -0.2) is 41.7 Å². The van der Waals surface area contributed by atoms with E-state index in [-0.39, 0.29) is 18.2 Å². The van der Waals surface area contributed by atoms with Crippen LogP contribution in [-0.2, 0) is 16.6 Å². The third-order valence-electron chi connectivity index (χ3n) is 2.78. The molecule has 1 N–H and O–H groups in total. The molecule has 10 heteroatoms. The number of rotatable bonds is 5. The van der Waals surface area contributed by atoms with Gasteiger partial charge in [0, 0.05) is 31.5 Å². The standard InChI is InChI=1S/C12H13N7O2S/c1-19(22(2,20)21)12-9(6-14-8-17-12)7-16-10-3-4-15-11(5-13)18-10/h3-4,6,8H,7H2,1-2H3,(H,15,16,18). The minimum atomic E-state index is -3.43. The Labute approximate surface area is 127 Å². The summed E-state index contributed by atoms with van der Waals surface area (Å²) in [5.41, 5.74) is 0.576. The Kier molecular flexibility index (Phi) is 4.47. The van der Waals surface area contributed by atoms with Gasteiger partial charge in [0.25, 0.3) is 0 Å². The minimum Gasteiger partial charge on any atom is -0.366 e. The van der Waals surface area contributed by atoms with Crippen LogP contribution in [0, 0.1) is 11.3 Å². The van der Waals surface area contributed by atoms with Crippen LogP contribution in [0.2, 0.25) is 0 Å². The first-order valence-electron chi connectivity index (χ1n) is 6.11. The van der Waals surface area contributed by atoms with Gasteiger partial charge in [-0.2, -0.15) is 5.26 Å². The lowest BCUT2D eigenvalue weighted by Gasteiger charge is -2.18. The van der Waals surface area contributed by atoms with Gasteiger partial charge in [-0.3, -0.25) is 4.31 Å². The van der Waals surface area contributed by atoms with Crippen molar-refractivity contribution in [1.29, 1.82) is 5.26 Å². The molecule has 0 amide bonds. The molecule has 114 valence electrons. The molecule has 0 spiro atoms. The van der Waals surface area contributed by atoms with Gasteiger partial charge in [-0.25, -0.2) is 28.4 Å². The molecule has 0 aliphatic heterocycles. The van der Waals surface area contributed by atoms with Gasteiger partial charge in [-0.15, -0.1) is 0 Å². The quantitative estimate of drug-likeness (QED) is 0.825. The van der Waals surface area contributed by atoms with E-state index in [1.807, 2.05) is 6.07 Å². The predicted molar refractivity (Wildman–Crippen MR) is 79.4 cm³/mol. The fraction of sp³-hybridized carbons (Fsp3) is 0.250. The van der Waals surface area contributed by atoms with Gasteiger partial charge in [-0.1, -0.05) is 0 Å².